The molecule has 4 nitrogen and oxygen atoms in total. The molecule has 0 fully saturated rings. The van der Waals surface area contributed by atoms with Crippen LogP contribution >= 0.6 is 0 Å². The van der Waals surface area contributed by atoms with E-state index in [1.807, 2.05) is 54.9 Å². The normalized spacial score (nSPS) is 12.0. The summed E-state index contributed by atoms with van der Waals surface area (Å²) in [4.78, 5) is 12.7. The van der Waals surface area contributed by atoms with E-state index in [4.69, 9.17) is 0 Å². The van der Waals surface area contributed by atoms with Gasteiger partial charge in [-0.1, -0.05) is 67.6 Å². The highest BCUT2D eigenvalue weighted by atomic mass is 16.1. The number of hydrogen-bond donors (Lipinski definition) is 1. The van der Waals surface area contributed by atoms with Crippen LogP contribution in [0, 0.1) is 13.8 Å². The summed E-state index contributed by atoms with van der Waals surface area (Å²) in [5.74, 6) is 0.210. The lowest BCUT2D eigenvalue weighted by Gasteiger charge is -2.13. The summed E-state index contributed by atoms with van der Waals surface area (Å²) in [6, 6.07) is 20.4. The van der Waals surface area contributed by atoms with Crippen molar-refractivity contribution < 1.29 is 4.79 Å². The number of carbonyl (C=O) groups excluding carboxylic acids is 1. The first-order chi connectivity index (χ1) is 12.6. The van der Waals surface area contributed by atoms with E-state index in [9.17, 15) is 4.79 Å². The molecule has 0 saturated heterocycles. The van der Waals surface area contributed by atoms with Gasteiger partial charge in [-0.15, -0.1) is 0 Å². The van der Waals surface area contributed by atoms with Gasteiger partial charge >= 0.3 is 0 Å². The second-order valence-electron chi connectivity index (χ2n) is 6.71. The van der Waals surface area contributed by atoms with Crippen LogP contribution in [-0.4, -0.2) is 22.2 Å². The van der Waals surface area contributed by atoms with Gasteiger partial charge in [0, 0.05) is 12.2 Å². The minimum atomic E-state index is -0.0536. The highest BCUT2D eigenvalue weighted by molar-refractivity contribution is 5.96. The molecule has 1 atom stereocenters. The van der Waals surface area contributed by atoms with E-state index in [0.717, 1.165) is 11.4 Å². The third-order valence-electron chi connectivity index (χ3n) is 4.72. The molecule has 2 aromatic carbocycles. The average Bonchev–Trinajstić information content (AvgIpc) is 2.94. The van der Waals surface area contributed by atoms with Crippen molar-refractivity contribution in [2.75, 3.05) is 6.54 Å². The molecule has 134 valence electrons. The highest BCUT2D eigenvalue weighted by Gasteiger charge is 2.19. The smallest absolute Gasteiger partial charge is 0.255 e. The van der Waals surface area contributed by atoms with Crippen LogP contribution in [0.4, 0.5) is 0 Å². The van der Waals surface area contributed by atoms with Crippen molar-refractivity contribution in [3.05, 3.63) is 88.7 Å². The van der Waals surface area contributed by atoms with Crippen molar-refractivity contribution in [2.45, 2.75) is 33.2 Å². The number of aryl methyl sites for hydroxylation is 1. The summed E-state index contributed by atoms with van der Waals surface area (Å²) in [6.07, 6.45) is 0. The van der Waals surface area contributed by atoms with Crippen molar-refractivity contribution in [2.24, 2.45) is 0 Å². The number of carbonyl (C=O) groups is 1. The minimum Gasteiger partial charge on any atom is -0.351 e. The Bertz CT molecular complexity index is 869. The molecule has 0 aliphatic heterocycles. The van der Waals surface area contributed by atoms with E-state index < -0.39 is 0 Å². The molecular formula is C22H25N3O. The van der Waals surface area contributed by atoms with Gasteiger partial charge in [0.05, 0.1) is 17.8 Å². The third kappa shape index (κ3) is 4.02. The van der Waals surface area contributed by atoms with E-state index >= 15 is 0 Å². The number of aromatic nitrogens is 2. The molecule has 4 heteroatoms. The van der Waals surface area contributed by atoms with Gasteiger partial charge in [-0.2, -0.15) is 5.10 Å². The average molecular weight is 347 g/mol. The maximum atomic E-state index is 12.7. The zero-order valence-corrected chi connectivity index (χ0v) is 15.6. The topological polar surface area (TPSA) is 46.9 Å². The number of hydrogen-bond acceptors (Lipinski definition) is 2. The Balaban J connectivity index is 1.69. The number of nitrogens with zero attached hydrogens (tertiary/aromatic N) is 2. The van der Waals surface area contributed by atoms with Gasteiger partial charge in [0.15, 0.2) is 0 Å². The maximum Gasteiger partial charge on any atom is 0.255 e. The van der Waals surface area contributed by atoms with Crippen LogP contribution in [0.1, 0.15) is 45.7 Å². The predicted molar refractivity (Wildman–Crippen MR) is 104 cm³/mol. The van der Waals surface area contributed by atoms with Gasteiger partial charge in [0.2, 0.25) is 0 Å². The summed E-state index contributed by atoms with van der Waals surface area (Å²) >= 11 is 0. The maximum absolute atomic E-state index is 12.7. The molecule has 1 N–H and O–H groups in total. The van der Waals surface area contributed by atoms with Gasteiger partial charge in [-0.25, -0.2) is 0 Å². The molecule has 0 aliphatic rings. The Kier molecular flexibility index (Phi) is 5.52. The van der Waals surface area contributed by atoms with Crippen molar-refractivity contribution in [1.82, 2.24) is 15.1 Å². The quantitative estimate of drug-likeness (QED) is 0.730. The summed E-state index contributed by atoms with van der Waals surface area (Å²) in [5.41, 5.74) is 4.74. The molecule has 3 rings (SSSR count). The van der Waals surface area contributed by atoms with Gasteiger partial charge < -0.3 is 5.32 Å². The Morgan fingerprint density at radius 3 is 2.31 bits per heavy atom. The van der Waals surface area contributed by atoms with Crippen LogP contribution in [0.3, 0.4) is 0 Å². The zero-order valence-electron chi connectivity index (χ0n) is 15.6. The molecule has 0 saturated carbocycles. The Morgan fingerprint density at radius 1 is 1.04 bits per heavy atom. The van der Waals surface area contributed by atoms with Crippen LogP contribution < -0.4 is 5.32 Å². The molecule has 0 aliphatic carbocycles. The predicted octanol–water partition coefficient (Wildman–Crippen LogP) is 4.08. The molecule has 3 aromatic rings. The van der Waals surface area contributed by atoms with Gasteiger partial charge in [-0.05, 0) is 30.9 Å². The van der Waals surface area contributed by atoms with Crippen LogP contribution in [0.2, 0.25) is 0 Å². The molecule has 26 heavy (non-hydrogen) atoms. The van der Waals surface area contributed by atoms with E-state index in [2.05, 4.69) is 41.6 Å². The lowest BCUT2D eigenvalue weighted by atomic mass is 10.0. The summed E-state index contributed by atoms with van der Waals surface area (Å²) in [5, 5.41) is 7.63. The highest BCUT2D eigenvalue weighted by Crippen LogP contribution is 2.17. The lowest BCUT2D eigenvalue weighted by Crippen LogP contribution is -2.28. The number of amides is 1. The molecular weight excluding hydrogens is 322 g/mol. The van der Waals surface area contributed by atoms with Gasteiger partial charge in [0.1, 0.15) is 0 Å². The molecule has 1 amide bonds. The van der Waals surface area contributed by atoms with Crippen LogP contribution in [-0.2, 0) is 6.54 Å². The molecule has 0 unspecified atom stereocenters. The summed E-state index contributed by atoms with van der Waals surface area (Å²) < 4.78 is 1.90. The fourth-order valence-corrected chi connectivity index (χ4v) is 3.17. The largest absolute Gasteiger partial charge is 0.351 e. The number of nitrogens with one attached hydrogen (secondary N) is 1. The van der Waals surface area contributed by atoms with E-state index in [0.29, 0.717) is 18.7 Å². The van der Waals surface area contributed by atoms with Gasteiger partial charge in [-0.3, -0.25) is 9.48 Å². The molecule has 0 spiro atoms. The fraction of sp³-hybridized carbons (Fsp3) is 0.273. The molecule has 1 heterocycles. The first kappa shape index (κ1) is 17.9. The Hall–Kier alpha value is -2.88. The number of benzene rings is 2. The van der Waals surface area contributed by atoms with E-state index in [1.165, 1.54) is 11.1 Å². The first-order valence-corrected chi connectivity index (χ1v) is 8.97. The van der Waals surface area contributed by atoms with E-state index in [1.54, 1.807) is 0 Å². The van der Waals surface area contributed by atoms with Crippen molar-refractivity contribution in [1.29, 1.82) is 0 Å². The molecule has 1 aromatic heterocycles. The standard InChI is InChI=1S/C22H25N3O/c1-16(20-12-8-5-9-13-20)14-23-22(26)21-17(2)24-25(18(21)3)15-19-10-6-4-7-11-19/h4-13,16H,14-15H2,1-3H3,(H,23,26)/t16-/m1/s1. The Morgan fingerprint density at radius 2 is 1.65 bits per heavy atom. The zero-order chi connectivity index (χ0) is 18.5. The molecule has 0 radical (unpaired) electrons. The van der Waals surface area contributed by atoms with Crippen LogP contribution in [0.15, 0.2) is 60.7 Å². The third-order valence-corrected chi connectivity index (χ3v) is 4.72. The van der Waals surface area contributed by atoms with Crippen molar-refractivity contribution in [3.63, 3.8) is 0 Å². The Labute approximate surface area is 154 Å². The second kappa shape index (κ2) is 8.00. The van der Waals surface area contributed by atoms with Gasteiger partial charge in [0.25, 0.3) is 5.91 Å². The fourth-order valence-electron chi connectivity index (χ4n) is 3.17. The minimum absolute atomic E-state index is 0.0536. The summed E-state index contributed by atoms with van der Waals surface area (Å²) in [6.45, 7) is 7.24. The van der Waals surface area contributed by atoms with Crippen LogP contribution in [0.5, 0.6) is 0 Å². The lowest BCUT2D eigenvalue weighted by molar-refractivity contribution is 0.0950. The number of rotatable bonds is 6. The first-order valence-electron chi connectivity index (χ1n) is 8.97. The second-order valence-corrected chi connectivity index (χ2v) is 6.71. The van der Waals surface area contributed by atoms with Crippen LogP contribution in [0.25, 0.3) is 0 Å². The van der Waals surface area contributed by atoms with Crippen molar-refractivity contribution >= 4 is 5.91 Å². The molecule has 0 bridgehead atoms. The monoisotopic (exact) mass is 347 g/mol. The SMILES string of the molecule is Cc1nn(Cc2ccccc2)c(C)c1C(=O)NC[C@@H](C)c1ccccc1. The van der Waals surface area contributed by atoms with E-state index in [-0.39, 0.29) is 11.8 Å². The summed E-state index contributed by atoms with van der Waals surface area (Å²) in [7, 11) is 0. The van der Waals surface area contributed by atoms with Crippen molar-refractivity contribution in [3.8, 4) is 0 Å².